The second kappa shape index (κ2) is 10.0. The molecule has 2 rings (SSSR count). The molecule has 0 radical (unpaired) electrons. The Bertz CT molecular complexity index is 657. The second-order valence-electron chi connectivity index (χ2n) is 7.88. The Morgan fingerprint density at radius 2 is 1.93 bits per heavy atom. The molecular weight excluding hydrogens is 402 g/mol. The van der Waals surface area contributed by atoms with Gasteiger partial charge in [0.25, 0.3) is 0 Å². The van der Waals surface area contributed by atoms with Crippen LogP contribution < -0.4 is 10.6 Å². The maximum absolute atomic E-state index is 12.4. The Morgan fingerprint density at radius 3 is 2.54 bits per heavy atom. The average molecular weight is 436 g/mol. The number of carbonyl (C=O) groups is 1. The van der Waals surface area contributed by atoms with Crippen molar-refractivity contribution >= 4 is 33.8 Å². The number of alkyl carbamates (subject to hydrolysis) is 1. The number of aliphatic imine (C=N–C) groups is 1. The van der Waals surface area contributed by atoms with Gasteiger partial charge >= 0.3 is 6.09 Å². The minimum atomic E-state index is -3.24. The fourth-order valence-electron chi connectivity index (χ4n) is 3.12. The summed E-state index contributed by atoms with van der Waals surface area (Å²) in [6, 6.07) is -0.0250. The molecule has 2 aliphatic rings. The summed E-state index contributed by atoms with van der Waals surface area (Å²) < 4.78 is 31.7. The lowest BCUT2D eigenvalue weighted by molar-refractivity contribution is 0.0507. The molecule has 1 unspecified atom stereocenters. The van der Waals surface area contributed by atoms with Crippen LogP contribution in [0.15, 0.2) is 4.99 Å². The van der Waals surface area contributed by atoms with Crippen LogP contribution in [0.1, 0.15) is 27.2 Å². The summed E-state index contributed by atoms with van der Waals surface area (Å²) in [5.41, 5.74) is -0.529. The molecule has 9 nitrogen and oxygen atoms in total. The molecule has 0 aromatic rings. The van der Waals surface area contributed by atoms with Crippen molar-refractivity contribution in [2.24, 2.45) is 4.99 Å². The number of nitrogens with one attached hydrogen (secondary N) is 2. The molecule has 0 saturated carbocycles. The molecule has 0 aromatic heterocycles. The van der Waals surface area contributed by atoms with Crippen LogP contribution in [-0.2, 0) is 14.8 Å². The van der Waals surface area contributed by atoms with Crippen molar-refractivity contribution in [3.05, 3.63) is 0 Å². The quantitative estimate of drug-likeness (QED) is 0.480. The minimum absolute atomic E-state index is 0.0250. The smallest absolute Gasteiger partial charge is 0.407 e. The lowest BCUT2D eigenvalue weighted by Crippen LogP contribution is -2.46. The van der Waals surface area contributed by atoms with Gasteiger partial charge in [0, 0.05) is 51.3 Å². The Kier molecular flexibility index (Phi) is 8.26. The van der Waals surface area contributed by atoms with Crippen LogP contribution in [0.25, 0.3) is 0 Å². The molecule has 11 heteroatoms. The summed E-state index contributed by atoms with van der Waals surface area (Å²) in [6.07, 6.45) is 0.358. The van der Waals surface area contributed by atoms with Crippen LogP contribution in [0.3, 0.4) is 0 Å². The number of hydrogen-bond acceptors (Lipinski definition) is 6. The van der Waals surface area contributed by atoms with E-state index in [9.17, 15) is 13.2 Å². The van der Waals surface area contributed by atoms with Gasteiger partial charge in [-0.3, -0.25) is 4.99 Å². The molecule has 0 aromatic carbocycles. The van der Waals surface area contributed by atoms with Crippen molar-refractivity contribution < 1.29 is 17.9 Å². The van der Waals surface area contributed by atoms with Gasteiger partial charge in [0.1, 0.15) is 5.60 Å². The molecule has 2 N–H and O–H groups in total. The van der Waals surface area contributed by atoms with Gasteiger partial charge in [0.15, 0.2) is 5.96 Å². The summed E-state index contributed by atoms with van der Waals surface area (Å²) >= 11 is 1.78. The molecule has 2 aliphatic heterocycles. The molecular formula is C17H33N5O4S2. The predicted molar refractivity (Wildman–Crippen MR) is 113 cm³/mol. The van der Waals surface area contributed by atoms with Gasteiger partial charge in [-0.05, 0) is 27.2 Å². The normalized spacial score (nSPS) is 22.2. The highest BCUT2D eigenvalue weighted by atomic mass is 32.2. The molecule has 2 fully saturated rings. The Labute approximate surface area is 172 Å². The summed E-state index contributed by atoms with van der Waals surface area (Å²) in [6.45, 7) is 8.31. The molecule has 2 heterocycles. The molecule has 0 spiro atoms. The number of guanidine groups is 1. The maximum Gasteiger partial charge on any atom is 0.407 e. The van der Waals surface area contributed by atoms with E-state index in [-0.39, 0.29) is 11.8 Å². The number of nitrogens with zero attached hydrogens (tertiary/aromatic N) is 3. The summed E-state index contributed by atoms with van der Waals surface area (Å²) in [4.78, 5) is 18.2. The summed E-state index contributed by atoms with van der Waals surface area (Å²) in [5.74, 6) is 2.41. The standard InChI is InChI=1S/C17H33N5O4S2/c1-17(2,3)26-16(23)20-14-5-7-21(13-14)15(18-4)19-6-12-28(24,25)22-8-10-27-11-9-22/h14H,5-13H2,1-4H3,(H,18,19)(H,20,23). The van der Waals surface area contributed by atoms with Gasteiger partial charge < -0.3 is 20.3 Å². The lowest BCUT2D eigenvalue weighted by Gasteiger charge is -2.26. The monoisotopic (exact) mass is 435 g/mol. The van der Waals surface area contributed by atoms with E-state index in [0.717, 1.165) is 24.5 Å². The Morgan fingerprint density at radius 1 is 1.25 bits per heavy atom. The number of thioether (sulfide) groups is 1. The van der Waals surface area contributed by atoms with Gasteiger partial charge in [-0.25, -0.2) is 17.5 Å². The van der Waals surface area contributed by atoms with Crippen molar-refractivity contribution in [3.8, 4) is 0 Å². The average Bonchev–Trinajstić information content (AvgIpc) is 3.06. The van der Waals surface area contributed by atoms with Crippen molar-refractivity contribution in [1.29, 1.82) is 0 Å². The van der Waals surface area contributed by atoms with E-state index in [1.165, 1.54) is 0 Å². The van der Waals surface area contributed by atoms with E-state index in [1.54, 1.807) is 23.1 Å². The number of hydrogen-bond donors (Lipinski definition) is 2. The zero-order valence-electron chi connectivity index (χ0n) is 17.2. The van der Waals surface area contributed by atoms with Crippen molar-refractivity contribution in [2.75, 3.05) is 57.0 Å². The fourth-order valence-corrected chi connectivity index (χ4v) is 5.61. The van der Waals surface area contributed by atoms with Crippen LogP contribution in [0.5, 0.6) is 0 Å². The number of ether oxygens (including phenoxy) is 1. The van der Waals surface area contributed by atoms with Crippen LogP contribution in [0.4, 0.5) is 4.79 Å². The van der Waals surface area contributed by atoms with Crippen LogP contribution in [0.2, 0.25) is 0 Å². The zero-order chi connectivity index (χ0) is 20.8. The van der Waals surface area contributed by atoms with Crippen LogP contribution in [-0.4, -0.2) is 98.3 Å². The predicted octanol–water partition coefficient (Wildman–Crippen LogP) is 0.539. The highest BCUT2D eigenvalue weighted by Gasteiger charge is 2.28. The number of amides is 1. The Hall–Kier alpha value is -1.20. The molecule has 28 heavy (non-hydrogen) atoms. The third-order valence-electron chi connectivity index (χ3n) is 4.43. The van der Waals surface area contributed by atoms with E-state index < -0.39 is 21.7 Å². The number of carbonyl (C=O) groups excluding carboxylic acids is 1. The molecule has 1 atom stereocenters. The first-order chi connectivity index (χ1) is 13.1. The SMILES string of the molecule is CN=C(NCCS(=O)(=O)N1CCSCC1)N1CCC(NC(=O)OC(C)(C)C)C1. The van der Waals surface area contributed by atoms with Gasteiger partial charge in [-0.15, -0.1) is 0 Å². The highest BCUT2D eigenvalue weighted by Crippen LogP contribution is 2.14. The molecule has 2 saturated heterocycles. The minimum Gasteiger partial charge on any atom is -0.444 e. The second-order valence-corrected chi connectivity index (χ2v) is 11.2. The van der Waals surface area contributed by atoms with E-state index >= 15 is 0 Å². The molecule has 0 aliphatic carbocycles. The topological polar surface area (TPSA) is 103 Å². The zero-order valence-corrected chi connectivity index (χ0v) is 18.9. The van der Waals surface area contributed by atoms with E-state index in [1.807, 2.05) is 25.7 Å². The van der Waals surface area contributed by atoms with Gasteiger partial charge in [-0.1, -0.05) is 0 Å². The first-order valence-electron chi connectivity index (χ1n) is 9.61. The third-order valence-corrected chi connectivity index (χ3v) is 7.24. The van der Waals surface area contributed by atoms with Gasteiger partial charge in [0.2, 0.25) is 10.0 Å². The van der Waals surface area contributed by atoms with E-state index in [0.29, 0.717) is 32.1 Å². The lowest BCUT2D eigenvalue weighted by atomic mass is 10.2. The largest absolute Gasteiger partial charge is 0.444 e. The summed E-state index contributed by atoms with van der Waals surface area (Å²) in [5, 5.41) is 6.02. The number of rotatable bonds is 5. The van der Waals surface area contributed by atoms with Crippen LogP contribution in [0, 0.1) is 0 Å². The highest BCUT2D eigenvalue weighted by molar-refractivity contribution is 7.99. The number of sulfonamides is 1. The number of likely N-dealkylation sites (tertiary alicyclic amines) is 1. The maximum atomic E-state index is 12.4. The molecule has 162 valence electrons. The Balaban J connectivity index is 1.77. The van der Waals surface area contributed by atoms with Crippen LogP contribution >= 0.6 is 11.8 Å². The van der Waals surface area contributed by atoms with Gasteiger partial charge in [-0.2, -0.15) is 11.8 Å². The fraction of sp³-hybridized carbons (Fsp3) is 0.882. The van der Waals surface area contributed by atoms with Crippen molar-refractivity contribution in [1.82, 2.24) is 19.8 Å². The molecule has 0 bridgehead atoms. The third kappa shape index (κ3) is 7.32. The van der Waals surface area contributed by atoms with E-state index in [4.69, 9.17) is 4.74 Å². The first-order valence-corrected chi connectivity index (χ1v) is 12.4. The molecule has 1 amide bonds. The first kappa shape index (κ1) is 23.1. The van der Waals surface area contributed by atoms with E-state index in [2.05, 4.69) is 15.6 Å². The summed E-state index contributed by atoms with van der Waals surface area (Å²) in [7, 11) is -1.57. The van der Waals surface area contributed by atoms with Crippen molar-refractivity contribution in [2.45, 2.75) is 38.8 Å². The van der Waals surface area contributed by atoms with Crippen molar-refractivity contribution in [3.63, 3.8) is 0 Å². The van der Waals surface area contributed by atoms with Gasteiger partial charge in [0.05, 0.1) is 11.8 Å².